The molecule has 3 rings (SSSR count). The number of hydrogen-bond acceptors (Lipinski definition) is 7. The van der Waals surface area contributed by atoms with Crippen LogP contribution in [0.1, 0.15) is 40.7 Å². The van der Waals surface area contributed by atoms with Gasteiger partial charge < -0.3 is 35.6 Å². The molecule has 0 aromatic heterocycles. The first-order valence-electron chi connectivity index (χ1n) is 12.6. The van der Waals surface area contributed by atoms with Gasteiger partial charge in [0, 0.05) is 12.2 Å². The van der Waals surface area contributed by atoms with E-state index in [9.17, 15) is 29.4 Å². The van der Waals surface area contributed by atoms with E-state index in [0.29, 0.717) is 19.4 Å². The van der Waals surface area contributed by atoms with Gasteiger partial charge in [-0.3, -0.25) is 4.79 Å². The molecule has 11 nitrogen and oxygen atoms in total. The molecular formula is C29H31N3O8. The number of alkyl carbamates (subject to hydrolysis) is 2. The Morgan fingerprint density at radius 2 is 1.38 bits per heavy atom. The predicted molar refractivity (Wildman–Crippen MR) is 146 cm³/mol. The number of anilines is 1. The van der Waals surface area contributed by atoms with Gasteiger partial charge in [-0.1, -0.05) is 60.7 Å². The number of carbonyl (C=O) groups excluding carboxylic acids is 3. The normalized spacial score (nSPS) is 11.1. The summed E-state index contributed by atoms with van der Waals surface area (Å²) in [5, 5.41) is 26.7. The fourth-order valence-electron chi connectivity index (χ4n) is 3.63. The van der Waals surface area contributed by atoms with Crippen molar-refractivity contribution in [1.82, 2.24) is 10.6 Å². The Morgan fingerprint density at radius 3 is 1.98 bits per heavy atom. The van der Waals surface area contributed by atoms with Crippen molar-refractivity contribution in [3.05, 3.63) is 95.6 Å². The number of ether oxygens (including phenoxy) is 2. The molecule has 0 spiro atoms. The summed E-state index contributed by atoms with van der Waals surface area (Å²) in [6, 6.07) is 20.9. The van der Waals surface area contributed by atoms with Crippen molar-refractivity contribution in [1.29, 1.82) is 0 Å². The first kappa shape index (κ1) is 29.5. The van der Waals surface area contributed by atoms with Crippen LogP contribution in [0.4, 0.5) is 15.3 Å². The van der Waals surface area contributed by atoms with Crippen molar-refractivity contribution in [3.63, 3.8) is 0 Å². The number of rotatable bonds is 13. The van der Waals surface area contributed by atoms with Gasteiger partial charge in [-0.15, -0.1) is 0 Å². The summed E-state index contributed by atoms with van der Waals surface area (Å²) in [5.41, 5.74) is 1.39. The van der Waals surface area contributed by atoms with Crippen LogP contribution in [0.3, 0.4) is 0 Å². The number of phenols is 1. The molecule has 0 aliphatic rings. The zero-order valence-electron chi connectivity index (χ0n) is 21.7. The lowest BCUT2D eigenvalue weighted by Gasteiger charge is -2.19. The number of nitrogens with one attached hydrogen (secondary N) is 3. The first-order chi connectivity index (χ1) is 19.3. The fourth-order valence-corrected chi connectivity index (χ4v) is 3.63. The Bertz CT molecular complexity index is 1280. The van der Waals surface area contributed by atoms with E-state index in [0.717, 1.165) is 23.3 Å². The summed E-state index contributed by atoms with van der Waals surface area (Å²) in [6.45, 7) is 0.446. The maximum absolute atomic E-state index is 13.0. The van der Waals surface area contributed by atoms with E-state index in [1.165, 1.54) is 6.07 Å². The van der Waals surface area contributed by atoms with E-state index in [-0.39, 0.29) is 30.9 Å². The molecule has 11 heteroatoms. The van der Waals surface area contributed by atoms with Crippen LogP contribution in [-0.4, -0.2) is 46.9 Å². The van der Waals surface area contributed by atoms with Crippen LogP contribution < -0.4 is 16.0 Å². The van der Waals surface area contributed by atoms with Gasteiger partial charge in [-0.25, -0.2) is 14.4 Å². The molecule has 0 saturated carbocycles. The highest BCUT2D eigenvalue weighted by Crippen LogP contribution is 2.22. The molecule has 3 aromatic rings. The lowest BCUT2D eigenvalue weighted by atomic mass is 10.1. The maximum Gasteiger partial charge on any atom is 0.408 e. The minimum absolute atomic E-state index is 0.00988. The molecule has 3 amide bonds. The smallest absolute Gasteiger partial charge is 0.408 e. The van der Waals surface area contributed by atoms with E-state index in [2.05, 4.69) is 16.0 Å². The average molecular weight is 550 g/mol. The van der Waals surface area contributed by atoms with Crippen molar-refractivity contribution in [2.45, 2.75) is 38.5 Å². The number of carboxylic acid groups (broad SMARTS) is 1. The van der Waals surface area contributed by atoms with E-state index in [4.69, 9.17) is 9.47 Å². The number of hydrogen-bond donors (Lipinski definition) is 5. The second-order valence-electron chi connectivity index (χ2n) is 8.77. The summed E-state index contributed by atoms with van der Waals surface area (Å²) in [4.78, 5) is 48.7. The average Bonchev–Trinajstić information content (AvgIpc) is 2.96. The van der Waals surface area contributed by atoms with Crippen molar-refractivity contribution in [2.24, 2.45) is 0 Å². The van der Waals surface area contributed by atoms with Crippen LogP contribution in [0, 0.1) is 0 Å². The summed E-state index contributed by atoms with van der Waals surface area (Å²) in [6.07, 6.45) is -0.221. The SMILES string of the molecule is O=C(NCCCC[C@H](NC(=O)OCc1ccccc1)C(=O)Nc1ccc(O)c(C(=O)O)c1)OCc1ccccc1. The molecule has 0 aliphatic heterocycles. The lowest BCUT2D eigenvalue weighted by Crippen LogP contribution is -2.44. The maximum atomic E-state index is 13.0. The largest absolute Gasteiger partial charge is 0.507 e. The van der Waals surface area contributed by atoms with Gasteiger partial charge in [0.2, 0.25) is 5.91 Å². The molecule has 0 bridgehead atoms. The van der Waals surface area contributed by atoms with Gasteiger partial charge in [-0.2, -0.15) is 0 Å². The lowest BCUT2D eigenvalue weighted by molar-refractivity contribution is -0.118. The molecular weight excluding hydrogens is 518 g/mol. The van der Waals surface area contributed by atoms with Crippen LogP contribution in [-0.2, 0) is 27.5 Å². The van der Waals surface area contributed by atoms with Crippen LogP contribution >= 0.6 is 0 Å². The Kier molecular flexibility index (Phi) is 11.3. The van der Waals surface area contributed by atoms with Gasteiger partial charge in [0.05, 0.1) is 0 Å². The highest BCUT2D eigenvalue weighted by Gasteiger charge is 2.22. The molecule has 40 heavy (non-hydrogen) atoms. The number of carboxylic acids is 1. The number of carbonyl (C=O) groups is 4. The Morgan fingerprint density at radius 1 is 0.775 bits per heavy atom. The summed E-state index contributed by atoms with van der Waals surface area (Å²) in [5.74, 6) is -2.41. The van der Waals surface area contributed by atoms with Gasteiger partial charge in [0.15, 0.2) is 0 Å². The van der Waals surface area contributed by atoms with E-state index in [1.807, 2.05) is 36.4 Å². The van der Waals surface area contributed by atoms with Gasteiger partial charge in [-0.05, 0) is 48.6 Å². The molecule has 1 atom stereocenters. The zero-order chi connectivity index (χ0) is 28.7. The Labute approximate surface area is 231 Å². The number of amides is 3. The molecule has 0 saturated heterocycles. The number of benzene rings is 3. The van der Waals surface area contributed by atoms with Crippen LogP contribution in [0.25, 0.3) is 0 Å². The van der Waals surface area contributed by atoms with Crippen molar-refractivity contribution in [3.8, 4) is 5.75 Å². The minimum atomic E-state index is -1.36. The molecule has 5 N–H and O–H groups in total. The predicted octanol–water partition coefficient (Wildman–Crippen LogP) is 4.42. The number of unbranched alkanes of at least 4 members (excludes halogenated alkanes) is 1. The fraction of sp³-hybridized carbons (Fsp3) is 0.241. The molecule has 210 valence electrons. The Hall–Kier alpha value is -5.06. The number of aromatic hydroxyl groups is 1. The van der Waals surface area contributed by atoms with Gasteiger partial charge >= 0.3 is 18.2 Å². The highest BCUT2D eigenvalue weighted by molar-refractivity contribution is 5.98. The van der Waals surface area contributed by atoms with E-state index in [1.54, 1.807) is 24.3 Å². The third kappa shape index (κ3) is 10.0. The van der Waals surface area contributed by atoms with Crippen LogP contribution in [0.5, 0.6) is 5.75 Å². The van der Waals surface area contributed by atoms with E-state index >= 15 is 0 Å². The Balaban J connectivity index is 1.52. The molecule has 0 heterocycles. The second kappa shape index (κ2) is 15.4. The topological polar surface area (TPSA) is 163 Å². The molecule has 3 aromatic carbocycles. The summed E-state index contributed by atoms with van der Waals surface area (Å²) < 4.78 is 10.4. The van der Waals surface area contributed by atoms with E-state index < -0.39 is 35.9 Å². The standard InChI is InChI=1S/C29H31N3O8/c33-25-15-14-22(17-23(25)27(35)36)31-26(34)24(32-29(38)40-19-21-11-5-2-6-12-21)13-7-8-16-30-28(37)39-18-20-9-3-1-4-10-20/h1-6,9-12,14-15,17,24,33H,7-8,13,16,18-19H2,(H,30,37)(H,31,34)(H,32,38)(H,35,36)/t24-/m0/s1. The first-order valence-corrected chi connectivity index (χ1v) is 12.6. The second-order valence-corrected chi connectivity index (χ2v) is 8.77. The zero-order valence-corrected chi connectivity index (χ0v) is 21.7. The summed E-state index contributed by atoms with van der Waals surface area (Å²) >= 11 is 0. The molecule has 0 fully saturated rings. The highest BCUT2D eigenvalue weighted by atomic mass is 16.6. The van der Waals surface area contributed by atoms with Crippen molar-refractivity contribution in [2.75, 3.05) is 11.9 Å². The third-order valence-corrected chi connectivity index (χ3v) is 5.72. The van der Waals surface area contributed by atoms with Crippen molar-refractivity contribution < 1.29 is 38.9 Å². The summed E-state index contributed by atoms with van der Waals surface area (Å²) in [7, 11) is 0. The monoisotopic (exact) mass is 549 g/mol. The van der Waals surface area contributed by atoms with Gasteiger partial charge in [0.1, 0.15) is 30.6 Å². The van der Waals surface area contributed by atoms with Crippen LogP contribution in [0.15, 0.2) is 78.9 Å². The minimum Gasteiger partial charge on any atom is -0.507 e. The van der Waals surface area contributed by atoms with Crippen LogP contribution in [0.2, 0.25) is 0 Å². The number of aromatic carboxylic acids is 1. The quantitative estimate of drug-likeness (QED) is 0.154. The molecule has 0 radical (unpaired) electrons. The third-order valence-electron chi connectivity index (χ3n) is 5.72. The molecule has 0 unspecified atom stereocenters. The van der Waals surface area contributed by atoms with Gasteiger partial charge in [0.25, 0.3) is 0 Å². The molecule has 0 aliphatic carbocycles. The van der Waals surface area contributed by atoms with Crippen molar-refractivity contribution >= 4 is 29.8 Å².